The van der Waals surface area contributed by atoms with E-state index in [1.54, 1.807) is 0 Å². The minimum absolute atomic E-state index is 0.734. The van der Waals surface area contributed by atoms with Gasteiger partial charge in [-0.1, -0.05) is 43.1 Å². The van der Waals surface area contributed by atoms with Gasteiger partial charge in [-0.3, -0.25) is 0 Å². The van der Waals surface area contributed by atoms with Gasteiger partial charge in [-0.05, 0) is 18.8 Å². The molecule has 0 saturated carbocycles. The fourth-order valence-electron chi connectivity index (χ4n) is 1.04. The molecule has 2 atom stereocenters. The van der Waals surface area contributed by atoms with Gasteiger partial charge in [-0.25, -0.2) is 0 Å². The third-order valence-electron chi connectivity index (χ3n) is 1.75. The number of hydrogen-bond acceptors (Lipinski definition) is 0. The van der Waals surface area contributed by atoms with Crippen LogP contribution in [-0.4, -0.2) is 4.83 Å². The molecule has 1 heteroatoms. The molecule has 0 rings (SSSR count). The fraction of sp³-hybridized carbons (Fsp3) is 1.00. The normalized spacial score (nSPS) is 17.3. The van der Waals surface area contributed by atoms with Crippen molar-refractivity contribution in [3.63, 3.8) is 0 Å². The minimum Gasteiger partial charge on any atom is -0.0888 e. The molecule has 0 N–H and O–H groups in total. The van der Waals surface area contributed by atoms with E-state index in [9.17, 15) is 0 Å². The Morgan fingerprint density at radius 1 is 1.33 bits per heavy atom. The molecule has 9 heavy (non-hydrogen) atoms. The molecule has 0 aromatic heterocycles. The minimum atomic E-state index is 0.734. The van der Waals surface area contributed by atoms with Crippen molar-refractivity contribution in [1.82, 2.24) is 0 Å². The molecular weight excluding hydrogens is 176 g/mol. The first-order chi connectivity index (χ1) is 4.22. The maximum absolute atomic E-state index is 3.64. The topological polar surface area (TPSA) is 0 Å². The van der Waals surface area contributed by atoms with Crippen LogP contribution in [0.1, 0.15) is 40.0 Å². The van der Waals surface area contributed by atoms with E-state index in [0.29, 0.717) is 0 Å². The zero-order chi connectivity index (χ0) is 7.28. The van der Waals surface area contributed by atoms with Crippen molar-refractivity contribution in [2.24, 2.45) is 5.92 Å². The van der Waals surface area contributed by atoms with Gasteiger partial charge in [0, 0.05) is 4.83 Å². The van der Waals surface area contributed by atoms with Crippen LogP contribution >= 0.6 is 15.9 Å². The molecule has 0 radical (unpaired) electrons. The number of alkyl halides is 1. The fourth-order valence-corrected chi connectivity index (χ4v) is 1.30. The maximum atomic E-state index is 3.64. The molecule has 0 fully saturated rings. The summed E-state index contributed by atoms with van der Waals surface area (Å²) >= 11 is 3.64. The van der Waals surface area contributed by atoms with Crippen LogP contribution in [0.4, 0.5) is 0 Å². The highest BCUT2D eigenvalue weighted by molar-refractivity contribution is 9.09. The van der Waals surface area contributed by atoms with Gasteiger partial charge in [0.1, 0.15) is 0 Å². The summed E-state index contributed by atoms with van der Waals surface area (Å²) in [7, 11) is 0. The predicted molar refractivity (Wildman–Crippen MR) is 47.1 cm³/mol. The highest BCUT2D eigenvalue weighted by Gasteiger charge is 2.09. The van der Waals surface area contributed by atoms with Gasteiger partial charge >= 0.3 is 0 Å². The highest BCUT2D eigenvalue weighted by Crippen LogP contribution is 2.20. The molecule has 0 spiro atoms. The summed E-state index contributed by atoms with van der Waals surface area (Å²) in [5.74, 6) is 0.847. The average molecular weight is 193 g/mol. The van der Waals surface area contributed by atoms with E-state index in [1.807, 2.05) is 0 Å². The molecule has 0 saturated heterocycles. The summed E-state index contributed by atoms with van der Waals surface area (Å²) in [6, 6.07) is 0. The van der Waals surface area contributed by atoms with Crippen molar-refractivity contribution in [1.29, 1.82) is 0 Å². The molecule has 0 unspecified atom stereocenters. The Morgan fingerprint density at radius 2 is 1.89 bits per heavy atom. The van der Waals surface area contributed by atoms with Gasteiger partial charge in [0.15, 0.2) is 0 Å². The van der Waals surface area contributed by atoms with Crippen LogP contribution in [0.3, 0.4) is 0 Å². The Balaban J connectivity index is 3.32. The van der Waals surface area contributed by atoms with E-state index in [4.69, 9.17) is 0 Å². The number of rotatable bonds is 4. The molecule has 0 amide bonds. The van der Waals surface area contributed by atoms with Gasteiger partial charge < -0.3 is 0 Å². The highest BCUT2D eigenvalue weighted by atomic mass is 79.9. The first kappa shape index (κ1) is 9.48. The van der Waals surface area contributed by atoms with Crippen molar-refractivity contribution in [3.8, 4) is 0 Å². The SMILES string of the molecule is CCC[C@@H](C)[C@H](Br)CC. The van der Waals surface area contributed by atoms with E-state index in [0.717, 1.165) is 10.7 Å². The van der Waals surface area contributed by atoms with Crippen molar-refractivity contribution in [2.75, 3.05) is 0 Å². The van der Waals surface area contributed by atoms with Crippen LogP contribution < -0.4 is 0 Å². The summed E-state index contributed by atoms with van der Waals surface area (Å²) in [4.78, 5) is 0.734. The second-order valence-corrected chi connectivity index (χ2v) is 3.87. The number of halogens is 1. The lowest BCUT2D eigenvalue weighted by atomic mass is 10.0. The summed E-state index contributed by atoms with van der Waals surface area (Å²) in [5, 5.41) is 0. The Bertz CT molecular complexity index is 61.6. The summed E-state index contributed by atoms with van der Waals surface area (Å²) in [6.07, 6.45) is 3.91. The Hall–Kier alpha value is 0.480. The number of hydrogen-bond donors (Lipinski definition) is 0. The predicted octanol–water partition coefficient (Wildman–Crippen LogP) is 3.60. The smallest absolute Gasteiger partial charge is 0.0168 e. The van der Waals surface area contributed by atoms with Gasteiger partial charge in [0.2, 0.25) is 0 Å². The molecule has 0 aliphatic carbocycles. The van der Waals surface area contributed by atoms with Crippen LogP contribution in [0.15, 0.2) is 0 Å². The molecule has 0 aliphatic rings. The lowest BCUT2D eigenvalue weighted by Crippen LogP contribution is -2.08. The molecule has 0 heterocycles. The Kier molecular flexibility index (Phi) is 5.56. The monoisotopic (exact) mass is 192 g/mol. The summed E-state index contributed by atoms with van der Waals surface area (Å²) in [5.41, 5.74) is 0. The average Bonchev–Trinajstić information content (AvgIpc) is 1.87. The largest absolute Gasteiger partial charge is 0.0888 e. The summed E-state index contributed by atoms with van der Waals surface area (Å²) in [6.45, 7) is 6.78. The molecule has 0 aromatic carbocycles. The van der Waals surface area contributed by atoms with Gasteiger partial charge in [-0.2, -0.15) is 0 Å². The lowest BCUT2D eigenvalue weighted by molar-refractivity contribution is 0.499. The van der Waals surface area contributed by atoms with Gasteiger partial charge in [0.25, 0.3) is 0 Å². The first-order valence-corrected chi connectivity index (χ1v) is 4.78. The molecule has 0 bridgehead atoms. The molecule has 0 aromatic rings. The van der Waals surface area contributed by atoms with E-state index in [-0.39, 0.29) is 0 Å². The Labute approximate surface area is 67.2 Å². The third kappa shape index (κ3) is 3.96. The quantitative estimate of drug-likeness (QED) is 0.598. The lowest BCUT2D eigenvalue weighted by Gasteiger charge is -2.14. The van der Waals surface area contributed by atoms with Crippen LogP contribution in [0, 0.1) is 5.92 Å². The van der Waals surface area contributed by atoms with E-state index >= 15 is 0 Å². The Morgan fingerprint density at radius 3 is 2.22 bits per heavy atom. The summed E-state index contributed by atoms with van der Waals surface area (Å²) < 4.78 is 0. The van der Waals surface area contributed by atoms with Crippen molar-refractivity contribution >= 4 is 15.9 Å². The second kappa shape index (κ2) is 5.28. The van der Waals surface area contributed by atoms with E-state index in [2.05, 4.69) is 36.7 Å². The third-order valence-corrected chi connectivity index (χ3v) is 3.30. The van der Waals surface area contributed by atoms with Gasteiger partial charge in [-0.15, -0.1) is 0 Å². The second-order valence-electron chi connectivity index (χ2n) is 2.69. The van der Waals surface area contributed by atoms with Crippen molar-refractivity contribution < 1.29 is 0 Å². The van der Waals surface area contributed by atoms with Crippen molar-refractivity contribution in [3.05, 3.63) is 0 Å². The zero-order valence-corrected chi connectivity index (χ0v) is 8.24. The molecule has 0 nitrogen and oxygen atoms in total. The molecular formula is C8H17Br. The zero-order valence-electron chi connectivity index (χ0n) is 6.65. The standard InChI is InChI=1S/C8H17Br/c1-4-6-7(3)8(9)5-2/h7-8H,4-6H2,1-3H3/t7-,8-/m1/s1. The van der Waals surface area contributed by atoms with Crippen LogP contribution in [0.2, 0.25) is 0 Å². The van der Waals surface area contributed by atoms with Gasteiger partial charge in [0.05, 0.1) is 0 Å². The molecule has 56 valence electrons. The molecule has 0 aliphatic heterocycles. The maximum Gasteiger partial charge on any atom is 0.0168 e. The van der Waals surface area contributed by atoms with Crippen molar-refractivity contribution in [2.45, 2.75) is 44.9 Å². The van der Waals surface area contributed by atoms with Crippen LogP contribution in [0.25, 0.3) is 0 Å². The van der Waals surface area contributed by atoms with Crippen LogP contribution in [-0.2, 0) is 0 Å². The van der Waals surface area contributed by atoms with Crippen LogP contribution in [0.5, 0.6) is 0 Å². The van der Waals surface area contributed by atoms with E-state index < -0.39 is 0 Å². The first-order valence-electron chi connectivity index (χ1n) is 3.86. The van der Waals surface area contributed by atoms with E-state index in [1.165, 1.54) is 19.3 Å².